The first-order valence-electron chi connectivity index (χ1n) is 3.75. The molecule has 0 aromatic carbocycles. The topological polar surface area (TPSA) is 107 Å². The molecule has 0 bridgehead atoms. The molecule has 6 heteroatoms. The fraction of sp³-hybridized carbons (Fsp3) is 0.375. The third kappa shape index (κ3) is 4.91. The summed E-state index contributed by atoms with van der Waals surface area (Å²) < 4.78 is 4.38. The number of hydrogen-bond acceptors (Lipinski definition) is 6. The van der Waals surface area contributed by atoms with E-state index in [0.29, 0.717) is 6.08 Å². The lowest BCUT2D eigenvalue weighted by molar-refractivity contribution is -0.309. The van der Waals surface area contributed by atoms with Crippen LogP contribution in [0.3, 0.4) is 0 Å². The van der Waals surface area contributed by atoms with Crippen molar-refractivity contribution in [3.8, 4) is 0 Å². The van der Waals surface area contributed by atoms with E-state index < -0.39 is 29.9 Å². The van der Waals surface area contributed by atoms with E-state index in [1.807, 2.05) is 0 Å². The van der Waals surface area contributed by atoms with Gasteiger partial charge in [-0.2, -0.15) is 0 Å². The van der Waals surface area contributed by atoms with Crippen LogP contribution in [-0.4, -0.2) is 24.5 Å². The van der Waals surface area contributed by atoms with Crippen molar-refractivity contribution in [2.45, 2.75) is 13.3 Å². The minimum atomic E-state index is -1.73. The molecule has 0 rings (SSSR count). The van der Waals surface area contributed by atoms with Crippen molar-refractivity contribution >= 4 is 17.9 Å². The van der Waals surface area contributed by atoms with Crippen LogP contribution in [0.5, 0.6) is 0 Å². The van der Waals surface area contributed by atoms with Crippen molar-refractivity contribution in [2.24, 2.45) is 0 Å². The molecule has 0 spiro atoms. The predicted molar refractivity (Wildman–Crippen MR) is 39.3 cm³/mol. The van der Waals surface area contributed by atoms with Crippen LogP contribution in [0, 0.1) is 0 Å². The lowest BCUT2D eigenvalue weighted by atomic mass is 10.2. The van der Waals surface area contributed by atoms with Crippen molar-refractivity contribution < 1.29 is 29.3 Å². The predicted octanol–water partition coefficient (Wildman–Crippen LogP) is -2.63. The van der Waals surface area contributed by atoms with Crippen LogP contribution in [0.25, 0.3) is 0 Å². The van der Waals surface area contributed by atoms with E-state index in [1.54, 1.807) is 0 Å². The van der Waals surface area contributed by atoms with E-state index in [9.17, 15) is 24.6 Å². The Kier molecular flexibility index (Phi) is 4.98. The van der Waals surface area contributed by atoms with Gasteiger partial charge in [0.2, 0.25) is 0 Å². The first kappa shape index (κ1) is 12.2. The number of hydrogen-bond donors (Lipinski definition) is 0. The summed E-state index contributed by atoms with van der Waals surface area (Å²) in [7, 11) is 0. The van der Waals surface area contributed by atoms with Crippen molar-refractivity contribution in [1.82, 2.24) is 0 Å². The zero-order valence-electron chi connectivity index (χ0n) is 7.44. The molecule has 78 valence electrons. The van der Waals surface area contributed by atoms with E-state index in [2.05, 4.69) is 4.74 Å². The summed E-state index contributed by atoms with van der Waals surface area (Å²) >= 11 is 0. The van der Waals surface area contributed by atoms with Gasteiger partial charge in [0, 0.05) is 18.5 Å². The highest BCUT2D eigenvalue weighted by atomic mass is 16.5. The number of carboxylic acids is 2. The number of aliphatic carboxylic acids is 2. The van der Waals surface area contributed by atoms with E-state index >= 15 is 0 Å². The fourth-order valence-electron chi connectivity index (χ4n) is 0.664. The van der Waals surface area contributed by atoms with Gasteiger partial charge in [0.15, 0.2) is 0 Å². The average molecular weight is 200 g/mol. The Morgan fingerprint density at radius 1 is 1.29 bits per heavy atom. The monoisotopic (exact) mass is 200 g/mol. The van der Waals surface area contributed by atoms with Gasteiger partial charge in [-0.05, 0) is 12.5 Å². The van der Waals surface area contributed by atoms with E-state index in [1.165, 1.54) is 6.92 Å². The van der Waals surface area contributed by atoms with Gasteiger partial charge >= 0.3 is 5.97 Å². The molecule has 0 amide bonds. The minimum absolute atomic E-state index is 0.0704. The van der Waals surface area contributed by atoms with Gasteiger partial charge in [-0.3, -0.25) is 0 Å². The second kappa shape index (κ2) is 5.74. The number of carbonyl (C=O) groups is 3. The first-order chi connectivity index (χ1) is 6.47. The van der Waals surface area contributed by atoms with Gasteiger partial charge in [0.1, 0.15) is 0 Å². The second-order valence-corrected chi connectivity index (χ2v) is 2.26. The minimum Gasteiger partial charge on any atom is -0.550 e. The molecule has 0 fully saturated rings. The molecular formula is C8H8O6-2. The highest BCUT2D eigenvalue weighted by molar-refractivity contribution is 5.97. The number of carboxylic acid groups (broad SMARTS) is 2. The van der Waals surface area contributed by atoms with Gasteiger partial charge in [-0.25, -0.2) is 4.79 Å². The highest BCUT2D eigenvalue weighted by Gasteiger charge is 2.04. The summed E-state index contributed by atoms with van der Waals surface area (Å²) in [6.45, 7) is 1.60. The van der Waals surface area contributed by atoms with E-state index in [4.69, 9.17) is 0 Å². The molecule has 0 aliphatic heterocycles. The summed E-state index contributed by atoms with van der Waals surface area (Å²) in [5.41, 5.74) is -0.677. The number of carbonyl (C=O) groups excluding carboxylic acids is 3. The Morgan fingerprint density at radius 3 is 2.21 bits per heavy atom. The first-order valence-corrected chi connectivity index (χ1v) is 3.75. The maximum absolute atomic E-state index is 10.7. The molecule has 0 unspecified atom stereocenters. The Bertz CT molecular complexity index is 278. The number of rotatable bonds is 5. The fourth-order valence-corrected chi connectivity index (χ4v) is 0.664. The molecule has 0 aliphatic carbocycles. The largest absolute Gasteiger partial charge is 0.550 e. The second-order valence-electron chi connectivity index (χ2n) is 2.26. The smallest absolute Gasteiger partial charge is 0.331 e. The third-order valence-electron chi connectivity index (χ3n) is 1.18. The quantitative estimate of drug-likeness (QED) is 0.355. The van der Waals surface area contributed by atoms with Gasteiger partial charge in [-0.1, -0.05) is 0 Å². The molecule has 0 aromatic rings. The highest BCUT2D eigenvalue weighted by Crippen LogP contribution is 1.99. The Hall–Kier alpha value is -1.85. The molecule has 0 atom stereocenters. The molecule has 0 saturated carbocycles. The Labute approximate surface area is 79.8 Å². The van der Waals surface area contributed by atoms with Crippen LogP contribution in [0.2, 0.25) is 0 Å². The summed E-state index contributed by atoms with van der Waals surface area (Å²) in [6.07, 6.45) is -0.324. The summed E-state index contributed by atoms with van der Waals surface area (Å²) in [6, 6.07) is 0. The zero-order chi connectivity index (χ0) is 11.1. The maximum atomic E-state index is 10.7. The van der Waals surface area contributed by atoms with E-state index in [-0.39, 0.29) is 6.61 Å². The molecule has 0 heterocycles. The SMILES string of the molecule is CCOC(=O)/C=C(/CC(=O)[O-])C(=O)[O-]. The molecule has 0 aromatic heterocycles. The number of ether oxygens (including phenoxy) is 1. The van der Waals surface area contributed by atoms with Crippen LogP contribution < -0.4 is 10.2 Å². The van der Waals surface area contributed by atoms with Crippen LogP contribution in [0.15, 0.2) is 11.6 Å². The molecule has 0 saturated heterocycles. The third-order valence-corrected chi connectivity index (χ3v) is 1.18. The maximum Gasteiger partial charge on any atom is 0.331 e. The van der Waals surface area contributed by atoms with Crippen molar-refractivity contribution in [2.75, 3.05) is 6.61 Å². The van der Waals surface area contributed by atoms with Gasteiger partial charge in [0.25, 0.3) is 0 Å². The molecular weight excluding hydrogens is 192 g/mol. The van der Waals surface area contributed by atoms with Crippen molar-refractivity contribution in [3.05, 3.63) is 11.6 Å². The lowest BCUT2D eigenvalue weighted by Gasteiger charge is -2.08. The average Bonchev–Trinajstić information content (AvgIpc) is 2.02. The number of esters is 1. The van der Waals surface area contributed by atoms with Crippen LogP contribution in [0.1, 0.15) is 13.3 Å². The van der Waals surface area contributed by atoms with Crippen LogP contribution in [0.4, 0.5) is 0 Å². The normalized spacial score (nSPS) is 10.8. The Balaban J connectivity index is 4.55. The van der Waals surface area contributed by atoms with E-state index in [0.717, 1.165) is 0 Å². The Morgan fingerprint density at radius 2 is 1.86 bits per heavy atom. The van der Waals surface area contributed by atoms with Crippen LogP contribution >= 0.6 is 0 Å². The molecule has 0 radical (unpaired) electrons. The lowest BCUT2D eigenvalue weighted by Crippen LogP contribution is -2.31. The summed E-state index contributed by atoms with van der Waals surface area (Å²) in [4.78, 5) is 31.1. The van der Waals surface area contributed by atoms with Gasteiger partial charge < -0.3 is 24.5 Å². The van der Waals surface area contributed by atoms with Crippen molar-refractivity contribution in [3.63, 3.8) is 0 Å². The standard InChI is InChI=1S/C8H10O6/c1-2-14-7(11)4-5(8(12)13)3-6(9)10/h4H,2-3H2,1H3,(H,9,10)(H,12,13)/p-2/b5-4-. The van der Waals surface area contributed by atoms with Gasteiger partial charge in [-0.15, -0.1) is 0 Å². The molecule has 6 nitrogen and oxygen atoms in total. The molecule has 0 aliphatic rings. The summed E-state index contributed by atoms with van der Waals surface area (Å²) in [5.74, 6) is -4.26. The molecule has 0 N–H and O–H groups in total. The summed E-state index contributed by atoms with van der Waals surface area (Å²) in [5, 5.41) is 20.4. The van der Waals surface area contributed by atoms with Crippen LogP contribution in [-0.2, 0) is 19.1 Å². The van der Waals surface area contributed by atoms with Gasteiger partial charge in [0.05, 0.1) is 12.6 Å². The van der Waals surface area contributed by atoms with Crippen molar-refractivity contribution in [1.29, 1.82) is 0 Å². The molecule has 14 heavy (non-hydrogen) atoms. The zero-order valence-corrected chi connectivity index (χ0v) is 7.44.